The van der Waals surface area contributed by atoms with E-state index in [1.807, 2.05) is 84.2 Å². The fraction of sp³-hybridized carbons (Fsp3) is 0.217. The zero-order valence-electron chi connectivity index (χ0n) is 16.1. The smallest absolute Gasteiger partial charge is 0.237 e. The summed E-state index contributed by atoms with van der Waals surface area (Å²) in [5, 5.41) is 2.05. The molecule has 28 heavy (non-hydrogen) atoms. The van der Waals surface area contributed by atoms with Gasteiger partial charge >= 0.3 is 0 Å². The molecule has 0 N–H and O–H groups in total. The lowest BCUT2D eigenvalue weighted by molar-refractivity contribution is -0.137. The third kappa shape index (κ3) is 2.13. The molecule has 2 aromatic carbocycles. The van der Waals surface area contributed by atoms with Gasteiger partial charge in [0.15, 0.2) is 0 Å². The first kappa shape index (κ1) is 16.8. The number of fused-ring (bicyclic) bond motifs is 2. The largest absolute Gasteiger partial charge is 0.350 e. The Labute approximate surface area is 162 Å². The first-order valence-electron chi connectivity index (χ1n) is 9.38. The number of carbonyl (C=O) groups is 2. The third-order valence-electron chi connectivity index (χ3n) is 6.05. The molecule has 140 valence electrons. The molecule has 5 heteroatoms. The maximum Gasteiger partial charge on any atom is 0.237 e. The van der Waals surface area contributed by atoms with Crippen LogP contribution in [0.25, 0.3) is 21.8 Å². The van der Waals surface area contributed by atoms with Crippen molar-refractivity contribution < 1.29 is 9.59 Å². The quantitative estimate of drug-likeness (QED) is 0.506. The van der Waals surface area contributed by atoms with Gasteiger partial charge in [-0.2, -0.15) is 0 Å². The molecule has 2 atom stereocenters. The monoisotopic (exact) mass is 371 g/mol. The molecule has 2 unspecified atom stereocenters. The van der Waals surface area contributed by atoms with Gasteiger partial charge in [0, 0.05) is 55.3 Å². The Morgan fingerprint density at radius 2 is 1.04 bits per heavy atom. The van der Waals surface area contributed by atoms with Gasteiger partial charge in [-0.15, -0.1) is 0 Å². The molecule has 1 saturated heterocycles. The van der Waals surface area contributed by atoms with Crippen LogP contribution in [0.1, 0.15) is 23.0 Å². The minimum absolute atomic E-state index is 0.140. The van der Waals surface area contributed by atoms with Gasteiger partial charge in [0.25, 0.3) is 0 Å². The van der Waals surface area contributed by atoms with Crippen LogP contribution in [0.3, 0.4) is 0 Å². The number of imide groups is 1. The molecule has 1 aliphatic heterocycles. The summed E-state index contributed by atoms with van der Waals surface area (Å²) < 4.78 is 4.06. The maximum absolute atomic E-state index is 13.2. The van der Waals surface area contributed by atoms with Crippen molar-refractivity contribution in [2.24, 2.45) is 14.1 Å². The van der Waals surface area contributed by atoms with Crippen molar-refractivity contribution in [2.45, 2.75) is 11.8 Å². The Hall–Kier alpha value is -3.34. The van der Waals surface area contributed by atoms with E-state index in [4.69, 9.17) is 0 Å². The predicted molar refractivity (Wildman–Crippen MR) is 109 cm³/mol. The van der Waals surface area contributed by atoms with Crippen LogP contribution in [0.5, 0.6) is 0 Å². The molecule has 0 radical (unpaired) electrons. The summed E-state index contributed by atoms with van der Waals surface area (Å²) in [5.41, 5.74) is 3.95. The van der Waals surface area contributed by atoms with Crippen molar-refractivity contribution in [1.29, 1.82) is 0 Å². The molecule has 0 aliphatic carbocycles. The Morgan fingerprint density at radius 1 is 0.643 bits per heavy atom. The average molecular weight is 371 g/mol. The van der Waals surface area contributed by atoms with Crippen molar-refractivity contribution in [2.75, 3.05) is 7.05 Å². The van der Waals surface area contributed by atoms with Crippen molar-refractivity contribution in [3.05, 3.63) is 72.1 Å². The maximum atomic E-state index is 13.2. The Bertz CT molecular complexity index is 1170. The van der Waals surface area contributed by atoms with Crippen LogP contribution in [-0.4, -0.2) is 32.9 Å². The van der Waals surface area contributed by atoms with Gasteiger partial charge in [-0.25, -0.2) is 0 Å². The number of carbonyl (C=O) groups excluding carboxylic acids is 2. The highest BCUT2D eigenvalue weighted by atomic mass is 16.2. The van der Waals surface area contributed by atoms with Crippen LogP contribution in [0.4, 0.5) is 0 Å². The van der Waals surface area contributed by atoms with Gasteiger partial charge in [-0.05, 0) is 23.3 Å². The van der Waals surface area contributed by atoms with E-state index in [0.717, 1.165) is 32.9 Å². The molecule has 3 heterocycles. The van der Waals surface area contributed by atoms with E-state index in [1.54, 1.807) is 7.05 Å². The SMILES string of the molecule is CN1C(=O)C(c2cn(C)c3ccccc23)C(c2cn(C)c3ccccc23)C1=O. The zero-order chi connectivity index (χ0) is 19.6. The van der Waals surface area contributed by atoms with Crippen molar-refractivity contribution in [1.82, 2.24) is 14.0 Å². The first-order chi connectivity index (χ1) is 13.5. The highest BCUT2D eigenvalue weighted by Gasteiger charge is 2.49. The molecule has 5 rings (SSSR count). The van der Waals surface area contributed by atoms with Gasteiger partial charge in [0.2, 0.25) is 11.8 Å². The molecule has 0 saturated carbocycles. The molecule has 1 aliphatic rings. The van der Waals surface area contributed by atoms with Gasteiger partial charge in [0.05, 0.1) is 11.8 Å². The summed E-state index contributed by atoms with van der Waals surface area (Å²) in [4.78, 5) is 27.7. The summed E-state index contributed by atoms with van der Waals surface area (Å²) in [6, 6.07) is 16.1. The minimum atomic E-state index is -0.519. The number of amides is 2. The number of hydrogen-bond acceptors (Lipinski definition) is 2. The summed E-state index contributed by atoms with van der Waals surface area (Å²) in [7, 11) is 5.54. The molecular formula is C23H21N3O2. The number of rotatable bonds is 2. The number of hydrogen-bond donors (Lipinski definition) is 0. The second kappa shape index (κ2) is 5.83. The molecule has 0 bridgehead atoms. The fourth-order valence-corrected chi connectivity index (χ4v) is 4.68. The van der Waals surface area contributed by atoms with Crippen LogP contribution in [0.15, 0.2) is 60.9 Å². The molecule has 2 aromatic heterocycles. The molecule has 1 fully saturated rings. The molecule has 2 amide bonds. The second-order valence-corrected chi connectivity index (χ2v) is 7.62. The minimum Gasteiger partial charge on any atom is -0.350 e. The van der Waals surface area contributed by atoms with Crippen LogP contribution in [0.2, 0.25) is 0 Å². The van der Waals surface area contributed by atoms with Crippen molar-refractivity contribution in [3.63, 3.8) is 0 Å². The van der Waals surface area contributed by atoms with E-state index in [2.05, 4.69) is 0 Å². The number of aromatic nitrogens is 2. The van der Waals surface area contributed by atoms with E-state index in [0.29, 0.717) is 0 Å². The van der Waals surface area contributed by atoms with Crippen molar-refractivity contribution in [3.8, 4) is 0 Å². The lowest BCUT2D eigenvalue weighted by atomic mass is 9.83. The highest BCUT2D eigenvalue weighted by molar-refractivity contribution is 6.12. The summed E-state index contributed by atoms with van der Waals surface area (Å²) in [6.07, 6.45) is 4.00. The number of likely N-dealkylation sites (N-methyl/N-ethyl adjacent to an activating group) is 1. The summed E-state index contributed by atoms with van der Waals surface area (Å²) in [5.74, 6) is -1.32. The Balaban J connectivity index is 1.77. The van der Waals surface area contributed by atoms with Crippen molar-refractivity contribution >= 4 is 33.6 Å². The van der Waals surface area contributed by atoms with Gasteiger partial charge in [0.1, 0.15) is 0 Å². The van der Waals surface area contributed by atoms with E-state index < -0.39 is 11.8 Å². The van der Waals surface area contributed by atoms with Gasteiger partial charge in [-0.3, -0.25) is 14.5 Å². The second-order valence-electron chi connectivity index (χ2n) is 7.62. The number of para-hydroxylation sites is 2. The molecule has 4 aromatic rings. The lowest BCUT2D eigenvalue weighted by Crippen LogP contribution is -2.25. The van der Waals surface area contributed by atoms with Crippen LogP contribution in [0, 0.1) is 0 Å². The standard InChI is InChI=1S/C23H21N3O2/c1-24-12-16(14-8-4-6-10-18(14)24)20-21(23(28)26(3)22(20)27)17-13-25(2)19-11-7-5-9-15(17)19/h4-13,20-21H,1-3H3. The van der Waals surface area contributed by atoms with Gasteiger partial charge < -0.3 is 9.13 Å². The molecule has 0 spiro atoms. The first-order valence-corrected chi connectivity index (χ1v) is 9.38. The van der Waals surface area contributed by atoms with E-state index >= 15 is 0 Å². The normalized spacial score (nSPS) is 20.0. The Morgan fingerprint density at radius 3 is 1.46 bits per heavy atom. The fourth-order valence-electron chi connectivity index (χ4n) is 4.68. The summed E-state index contributed by atoms with van der Waals surface area (Å²) in [6.45, 7) is 0. The predicted octanol–water partition coefficient (Wildman–Crippen LogP) is 3.54. The lowest BCUT2D eigenvalue weighted by Gasteiger charge is -2.14. The number of benzene rings is 2. The number of nitrogens with zero attached hydrogens (tertiary/aromatic N) is 3. The van der Waals surface area contributed by atoms with Crippen LogP contribution >= 0.6 is 0 Å². The van der Waals surface area contributed by atoms with E-state index in [9.17, 15) is 9.59 Å². The van der Waals surface area contributed by atoms with Crippen LogP contribution < -0.4 is 0 Å². The third-order valence-corrected chi connectivity index (χ3v) is 6.05. The topological polar surface area (TPSA) is 47.2 Å². The van der Waals surface area contributed by atoms with E-state index in [-0.39, 0.29) is 11.8 Å². The van der Waals surface area contributed by atoms with Gasteiger partial charge in [-0.1, -0.05) is 36.4 Å². The summed E-state index contributed by atoms with van der Waals surface area (Å²) >= 11 is 0. The number of likely N-dealkylation sites (tertiary alicyclic amines) is 1. The highest BCUT2D eigenvalue weighted by Crippen LogP contribution is 2.45. The van der Waals surface area contributed by atoms with E-state index in [1.165, 1.54) is 4.90 Å². The average Bonchev–Trinajstić information content (AvgIpc) is 3.29. The zero-order valence-corrected chi connectivity index (χ0v) is 16.1. The molecular weight excluding hydrogens is 350 g/mol. The number of aryl methyl sites for hydroxylation is 2. The molecule has 5 nitrogen and oxygen atoms in total. The Kier molecular flexibility index (Phi) is 3.50. The van der Waals surface area contributed by atoms with Crippen LogP contribution in [-0.2, 0) is 23.7 Å².